The Bertz CT molecular complexity index is 555. The number of hydrogen-bond donors (Lipinski definition) is 3. The summed E-state index contributed by atoms with van der Waals surface area (Å²) in [5.74, 6) is 0.683. The van der Waals surface area contributed by atoms with Crippen LogP contribution in [0.15, 0.2) is 29.4 Å². The number of nitrogens with zero attached hydrogens (tertiary/aromatic N) is 2. The molecule has 0 aliphatic carbocycles. The molecule has 0 saturated carbocycles. The quantitative estimate of drug-likeness (QED) is 0.488. The van der Waals surface area contributed by atoms with Crippen LogP contribution in [0.1, 0.15) is 52.7 Å². The van der Waals surface area contributed by atoms with Crippen LogP contribution in [0, 0.1) is 0 Å². The van der Waals surface area contributed by atoms with E-state index >= 15 is 0 Å². The average molecular weight is 364 g/mol. The van der Waals surface area contributed by atoms with Gasteiger partial charge < -0.3 is 20.7 Å². The second kappa shape index (κ2) is 11.3. The fraction of sp³-hybridized carbons (Fsp3) is 0.632. The number of aliphatic imine (C=N–C) groups is 1. The Balaban J connectivity index is 2.53. The number of aromatic nitrogens is 1. The molecular formula is C19H33N5O2. The molecule has 0 aliphatic rings. The minimum atomic E-state index is -0.503. The van der Waals surface area contributed by atoms with Crippen molar-refractivity contribution in [2.75, 3.05) is 13.6 Å². The van der Waals surface area contributed by atoms with Crippen molar-refractivity contribution in [3.8, 4) is 0 Å². The SMILES string of the molecule is CCCCC(CNC(=O)OC(C)(C)C)NC(=NC)NCc1ccccn1. The monoisotopic (exact) mass is 363 g/mol. The number of pyridine rings is 1. The molecule has 0 radical (unpaired) electrons. The van der Waals surface area contributed by atoms with Crippen molar-refractivity contribution in [1.29, 1.82) is 0 Å². The lowest BCUT2D eigenvalue weighted by molar-refractivity contribution is 0.0523. The second-order valence-corrected chi connectivity index (χ2v) is 7.11. The van der Waals surface area contributed by atoms with Crippen LogP contribution in [0.4, 0.5) is 4.79 Å². The summed E-state index contributed by atoms with van der Waals surface area (Å²) >= 11 is 0. The summed E-state index contributed by atoms with van der Waals surface area (Å²) in [6.45, 7) is 8.75. The van der Waals surface area contributed by atoms with Gasteiger partial charge in [-0.3, -0.25) is 9.98 Å². The molecule has 0 spiro atoms. The highest BCUT2D eigenvalue weighted by molar-refractivity contribution is 5.80. The van der Waals surface area contributed by atoms with Crippen LogP contribution in [-0.2, 0) is 11.3 Å². The fourth-order valence-electron chi connectivity index (χ4n) is 2.26. The molecule has 26 heavy (non-hydrogen) atoms. The lowest BCUT2D eigenvalue weighted by atomic mass is 10.1. The predicted molar refractivity (Wildman–Crippen MR) is 105 cm³/mol. The molecule has 0 bridgehead atoms. The smallest absolute Gasteiger partial charge is 0.407 e. The molecule has 1 aromatic heterocycles. The van der Waals surface area contributed by atoms with Gasteiger partial charge in [0, 0.05) is 25.8 Å². The Hall–Kier alpha value is -2.31. The molecule has 0 aromatic carbocycles. The van der Waals surface area contributed by atoms with Gasteiger partial charge in [-0.25, -0.2) is 4.79 Å². The Labute approximate surface area is 157 Å². The van der Waals surface area contributed by atoms with Crippen LogP contribution >= 0.6 is 0 Å². The fourth-order valence-corrected chi connectivity index (χ4v) is 2.26. The van der Waals surface area contributed by atoms with Crippen LogP contribution < -0.4 is 16.0 Å². The van der Waals surface area contributed by atoms with Gasteiger partial charge >= 0.3 is 6.09 Å². The largest absolute Gasteiger partial charge is 0.444 e. The van der Waals surface area contributed by atoms with E-state index in [9.17, 15) is 4.79 Å². The van der Waals surface area contributed by atoms with E-state index in [4.69, 9.17) is 4.74 Å². The van der Waals surface area contributed by atoms with E-state index in [1.807, 2.05) is 39.0 Å². The molecule has 7 heteroatoms. The Morgan fingerprint density at radius 1 is 1.31 bits per heavy atom. The van der Waals surface area contributed by atoms with Gasteiger partial charge in [0.1, 0.15) is 5.60 Å². The van der Waals surface area contributed by atoms with Crippen molar-refractivity contribution in [2.24, 2.45) is 4.99 Å². The first-order valence-electron chi connectivity index (χ1n) is 9.18. The van der Waals surface area contributed by atoms with E-state index in [-0.39, 0.29) is 6.04 Å². The summed E-state index contributed by atoms with van der Waals surface area (Å²) in [6.07, 6.45) is 4.44. The number of carbonyl (C=O) groups excluding carboxylic acids is 1. The molecule has 7 nitrogen and oxygen atoms in total. The maximum atomic E-state index is 11.9. The number of nitrogens with one attached hydrogen (secondary N) is 3. The van der Waals surface area contributed by atoms with Crippen LogP contribution in [-0.4, -0.2) is 42.3 Å². The van der Waals surface area contributed by atoms with Crippen molar-refractivity contribution in [2.45, 2.75) is 65.1 Å². The molecule has 1 heterocycles. The number of carbonyl (C=O) groups is 1. The second-order valence-electron chi connectivity index (χ2n) is 7.11. The Kier molecular flexibility index (Phi) is 9.47. The van der Waals surface area contributed by atoms with Crippen LogP contribution in [0.25, 0.3) is 0 Å². The number of guanidine groups is 1. The van der Waals surface area contributed by atoms with Crippen LogP contribution in [0.2, 0.25) is 0 Å². The van der Waals surface area contributed by atoms with E-state index < -0.39 is 11.7 Å². The number of alkyl carbamates (subject to hydrolysis) is 1. The normalized spacial score (nSPS) is 13.0. The third-order valence-electron chi connectivity index (χ3n) is 3.53. The minimum absolute atomic E-state index is 0.0670. The average Bonchev–Trinajstić information content (AvgIpc) is 2.59. The van der Waals surface area contributed by atoms with Gasteiger partial charge in [-0.05, 0) is 39.3 Å². The molecule has 0 fully saturated rings. The maximum absolute atomic E-state index is 11.9. The molecule has 3 N–H and O–H groups in total. The first-order valence-corrected chi connectivity index (χ1v) is 9.18. The molecule has 0 aliphatic heterocycles. The number of rotatable bonds is 8. The highest BCUT2D eigenvalue weighted by Crippen LogP contribution is 2.07. The van der Waals surface area contributed by atoms with Gasteiger partial charge in [-0.2, -0.15) is 0 Å². The first-order chi connectivity index (χ1) is 12.3. The van der Waals surface area contributed by atoms with Crippen molar-refractivity contribution in [3.63, 3.8) is 0 Å². The highest BCUT2D eigenvalue weighted by Gasteiger charge is 2.18. The van der Waals surface area contributed by atoms with E-state index in [0.29, 0.717) is 19.0 Å². The lowest BCUT2D eigenvalue weighted by Gasteiger charge is -2.24. The standard InChI is InChI=1S/C19H33N5O2/c1-6-7-10-16(14-23-18(25)26-19(2,3)4)24-17(20-5)22-13-15-11-8-9-12-21-15/h8-9,11-12,16H,6-7,10,13-14H2,1-5H3,(H,23,25)(H2,20,22,24). The van der Waals surface area contributed by atoms with Crippen molar-refractivity contribution in [3.05, 3.63) is 30.1 Å². The summed E-state index contributed by atoms with van der Waals surface area (Å²) in [5, 5.41) is 9.45. The molecule has 1 aromatic rings. The van der Waals surface area contributed by atoms with Crippen molar-refractivity contribution < 1.29 is 9.53 Å². The van der Waals surface area contributed by atoms with Gasteiger partial charge in [-0.15, -0.1) is 0 Å². The first kappa shape index (κ1) is 21.7. The van der Waals surface area contributed by atoms with E-state index in [1.165, 1.54) is 0 Å². The summed E-state index contributed by atoms with van der Waals surface area (Å²) in [6, 6.07) is 5.87. The van der Waals surface area contributed by atoms with E-state index in [2.05, 4.69) is 32.9 Å². The van der Waals surface area contributed by atoms with Crippen LogP contribution in [0.3, 0.4) is 0 Å². The summed E-state index contributed by atoms with van der Waals surface area (Å²) in [4.78, 5) is 20.4. The molecule has 1 rings (SSSR count). The molecular weight excluding hydrogens is 330 g/mol. The van der Waals surface area contributed by atoms with Gasteiger partial charge in [0.2, 0.25) is 0 Å². The Morgan fingerprint density at radius 3 is 2.65 bits per heavy atom. The van der Waals surface area contributed by atoms with Crippen molar-refractivity contribution in [1.82, 2.24) is 20.9 Å². The zero-order chi connectivity index (χ0) is 19.4. The summed E-state index contributed by atoms with van der Waals surface area (Å²) in [5.41, 5.74) is 0.434. The molecule has 1 atom stereocenters. The molecule has 1 unspecified atom stereocenters. The van der Waals surface area contributed by atoms with Crippen LogP contribution in [0.5, 0.6) is 0 Å². The zero-order valence-corrected chi connectivity index (χ0v) is 16.6. The maximum Gasteiger partial charge on any atom is 0.407 e. The zero-order valence-electron chi connectivity index (χ0n) is 16.6. The van der Waals surface area contributed by atoms with Gasteiger partial charge in [-0.1, -0.05) is 25.8 Å². The number of hydrogen-bond acceptors (Lipinski definition) is 4. The van der Waals surface area contributed by atoms with Gasteiger partial charge in [0.25, 0.3) is 0 Å². The topological polar surface area (TPSA) is 87.6 Å². The molecule has 1 amide bonds. The lowest BCUT2D eigenvalue weighted by Crippen LogP contribution is -2.48. The number of amides is 1. The molecule has 146 valence electrons. The third-order valence-corrected chi connectivity index (χ3v) is 3.53. The number of ether oxygens (including phenoxy) is 1. The van der Waals surface area contributed by atoms with E-state index in [1.54, 1.807) is 13.2 Å². The predicted octanol–water partition coefficient (Wildman–Crippen LogP) is 2.83. The van der Waals surface area contributed by atoms with Crippen molar-refractivity contribution >= 4 is 12.1 Å². The number of unbranched alkanes of at least 4 members (excludes halogenated alkanes) is 1. The van der Waals surface area contributed by atoms with Gasteiger partial charge in [0.05, 0.1) is 12.2 Å². The summed E-state index contributed by atoms with van der Waals surface area (Å²) in [7, 11) is 1.73. The highest BCUT2D eigenvalue weighted by atomic mass is 16.6. The Morgan fingerprint density at radius 2 is 2.08 bits per heavy atom. The van der Waals surface area contributed by atoms with E-state index in [0.717, 1.165) is 25.0 Å². The third kappa shape index (κ3) is 9.86. The minimum Gasteiger partial charge on any atom is -0.444 e. The summed E-state index contributed by atoms with van der Waals surface area (Å²) < 4.78 is 5.30. The molecule has 0 saturated heterocycles. The van der Waals surface area contributed by atoms with Gasteiger partial charge in [0.15, 0.2) is 5.96 Å².